The van der Waals surface area contributed by atoms with Crippen LogP contribution >= 0.6 is 0 Å². The van der Waals surface area contributed by atoms with E-state index in [1.165, 1.54) is 24.6 Å². The molecule has 0 bridgehead atoms. The number of halogens is 1. The molecular formula is C23H24FN3O2. The van der Waals surface area contributed by atoms with Crippen molar-refractivity contribution in [3.8, 4) is 11.5 Å². The molecular weight excluding hydrogens is 369 g/mol. The van der Waals surface area contributed by atoms with Crippen LogP contribution in [0, 0.1) is 5.82 Å². The second-order valence-corrected chi connectivity index (χ2v) is 6.96. The summed E-state index contributed by atoms with van der Waals surface area (Å²) in [5.41, 5.74) is 3.27. The number of ether oxygens (including phenoxy) is 2. The lowest BCUT2D eigenvalue weighted by Crippen LogP contribution is -2.15. The number of benzene rings is 2. The van der Waals surface area contributed by atoms with Crippen LogP contribution in [0.3, 0.4) is 0 Å². The monoisotopic (exact) mass is 393 g/mol. The van der Waals surface area contributed by atoms with Crippen LogP contribution in [0.5, 0.6) is 11.5 Å². The number of unbranched alkanes of at least 4 members (excludes halogenated alkanes) is 1. The summed E-state index contributed by atoms with van der Waals surface area (Å²) < 4.78 is 25.4. The molecule has 0 aliphatic carbocycles. The van der Waals surface area contributed by atoms with Crippen molar-refractivity contribution >= 4 is 22.9 Å². The Kier molecular flexibility index (Phi) is 5.79. The van der Waals surface area contributed by atoms with Crippen molar-refractivity contribution < 1.29 is 13.9 Å². The predicted molar refractivity (Wildman–Crippen MR) is 113 cm³/mol. The molecule has 0 spiro atoms. The third-order valence-electron chi connectivity index (χ3n) is 4.72. The van der Waals surface area contributed by atoms with E-state index in [4.69, 9.17) is 9.47 Å². The average molecular weight is 393 g/mol. The zero-order chi connectivity index (χ0) is 20.1. The van der Waals surface area contributed by atoms with E-state index < -0.39 is 5.82 Å². The van der Waals surface area contributed by atoms with Gasteiger partial charge in [-0.2, -0.15) is 0 Å². The van der Waals surface area contributed by atoms with E-state index in [1.54, 1.807) is 6.07 Å². The molecule has 2 heterocycles. The maximum Gasteiger partial charge on any atom is 0.165 e. The van der Waals surface area contributed by atoms with Crippen molar-refractivity contribution in [1.29, 1.82) is 0 Å². The molecule has 2 N–H and O–H groups in total. The van der Waals surface area contributed by atoms with Gasteiger partial charge in [0.1, 0.15) is 19.0 Å². The first kappa shape index (κ1) is 19.1. The molecule has 3 aromatic rings. The Morgan fingerprint density at radius 3 is 2.48 bits per heavy atom. The van der Waals surface area contributed by atoms with Gasteiger partial charge in [-0.3, -0.25) is 0 Å². The Balaban J connectivity index is 1.47. The summed E-state index contributed by atoms with van der Waals surface area (Å²) in [6, 6.07) is 15.3. The van der Waals surface area contributed by atoms with Crippen molar-refractivity contribution in [2.45, 2.75) is 26.2 Å². The lowest BCUT2D eigenvalue weighted by atomic mass is 10.1. The van der Waals surface area contributed by atoms with E-state index in [-0.39, 0.29) is 0 Å². The summed E-state index contributed by atoms with van der Waals surface area (Å²) in [7, 11) is 0. The molecule has 0 fully saturated rings. The molecule has 0 unspecified atom stereocenters. The number of anilines is 4. The summed E-state index contributed by atoms with van der Waals surface area (Å²) in [5, 5.41) is 6.32. The summed E-state index contributed by atoms with van der Waals surface area (Å²) in [5.74, 6) is 1.53. The average Bonchev–Trinajstić information content (AvgIpc) is 2.75. The van der Waals surface area contributed by atoms with Gasteiger partial charge >= 0.3 is 0 Å². The fourth-order valence-corrected chi connectivity index (χ4v) is 3.16. The van der Waals surface area contributed by atoms with Crippen LogP contribution < -0.4 is 20.1 Å². The van der Waals surface area contributed by atoms with Gasteiger partial charge in [-0.05, 0) is 42.7 Å². The third kappa shape index (κ3) is 4.77. The van der Waals surface area contributed by atoms with Crippen molar-refractivity contribution in [3.05, 3.63) is 66.1 Å². The van der Waals surface area contributed by atoms with Gasteiger partial charge in [0.05, 0.1) is 11.9 Å². The Morgan fingerprint density at radius 2 is 1.69 bits per heavy atom. The molecule has 0 saturated heterocycles. The maximum atomic E-state index is 14.3. The first-order valence-corrected chi connectivity index (χ1v) is 9.89. The number of nitrogens with zero attached hydrogens (tertiary/aromatic N) is 1. The van der Waals surface area contributed by atoms with Gasteiger partial charge in [0.2, 0.25) is 0 Å². The van der Waals surface area contributed by atoms with E-state index in [1.807, 2.05) is 30.3 Å². The quantitative estimate of drug-likeness (QED) is 0.530. The molecule has 2 aromatic carbocycles. The van der Waals surface area contributed by atoms with Gasteiger partial charge in [-0.15, -0.1) is 0 Å². The van der Waals surface area contributed by atoms with Crippen LogP contribution in [-0.4, -0.2) is 18.2 Å². The molecule has 5 nitrogen and oxygen atoms in total. The molecule has 6 heteroatoms. The highest BCUT2D eigenvalue weighted by Gasteiger charge is 2.12. The van der Waals surface area contributed by atoms with Crippen molar-refractivity contribution in [2.75, 3.05) is 23.8 Å². The second-order valence-electron chi connectivity index (χ2n) is 6.96. The molecule has 1 aliphatic rings. The molecule has 0 atom stereocenters. The number of nitrogens with one attached hydrogen (secondary N) is 2. The molecule has 0 amide bonds. The Hall–Kier alpha value is -3.28. The topological polar surface area (TPSA) is 55.4 Å². The minimum Gasteiger partial charge on any atom is -0.486 e. The van der Waals surface area contributed by atoms with Crippen LogP contribution in [-0.2, 0) is 6.42 Å². The SMILES string of the molecule is CCCCc1ccc(Nc2cc(Nc3ccc4c(c3)OCCO4)ncc2F)cc1. The zero-order valence-corrected chi connectivity index (χ0v) is 16.4. The number of hydrogen-bond acceptors (Lipinski definition) is 5. The minimum absolute atomic E-state index is 0.362. The number of rotatable bonds is 7. The first-order chi connectivity index (χ1) is 14.2. The molecule has 1 aliphatic heterocycles. The van der Waals surface area contributed by atoms with Gasteiger partial charge in [0, 0.05) is 23.5 Å². The lowest BCUT2D eigenvalue weighted by molar-refractivity contribution is 0.171. The second kappa shape index (κ2) is 8.82. The number of aryl methyl sites for hydroxylation is 1. The Bertz CT molecular complexity index is 976. The normalized spacial score (nSPS) is 12.5. The molecule has 150 valence electrons. The molecule has 29 heavy (non-hydrogen) atoms. The van der Waals surface area contributed by atoms with E-state index in [0.29, 0.717) is 30.5 Å². The Morgan fingerprint density at radius 1 is 0.931 bits per heavy atom. The maximum absolute atomic E-state index is 14.3. The molecule has 0 radical (unpaired) electrons. The first-order valence-electron chi connectivity index (χ1n) is 9.89. The van der Waals surface area contributed by atoms with E-state index in [2.05, 4.69) is 34.7 Å². The van der Waals surface area contributed by atoms with Gasteiger partial charge in [0.25, 0.3) is 0 Å². The molecule has 0 saturated carbocycles. The molecule has 4 rings (SSSR count). The zero-order valence-electron chi connectivity index (χ0n) is 16.4. The van der Waals surface area contributed by atoms with Crippen molar-refractivity contribution in [2.24, 2.45) is 0 Å². The number of fused-ring (bicyclic) bond motifs is 1. The van der Waals surface area contributed by atoms with Gasteiger partial charge in [0.15, 0.2) is 17.3 Å². The summed E-state index contributed by atoms with van der Waals surface area (Å²) in [4.78, 5) is 4.14. The predicted octanol–water partition coefficient (Wildman–Crippen LogP) is 5.82. The Labute approximate surface area is 169 Å². The highest BCUT2D eigenvalue weighted by Crippen LogP contribution is 2.34. The van der Waals surface area contributed by atoms with E-state index >= 15 is 0 Å². The summed E-state index contributed by atoms with van der Waals surface area (Å²) in [6.07, 6.45) is 4.60. The van der Waals surface area contributed by atoms with E-state index in [9.17, 15) is 4.39 Å². The standard InChI is InChI=1S/C23H24FN3O2/c1-2-3-4-16-5-7-17(8-6-16)26-20-14-23(25-15-19(20)24)27-18-9-10-21-22(13-18)29-12-11-28-21/h5-10,13-15H,2-4,11-12H2,1H3,(H2,25,26,27). The fraction of sp³-hybridized carbons (Fsp3) is 0.261. The smallest absolute Gasteiger partial charge is 0.165 e. The minimum atomic E-state index is -0.409. The van der Waals surface area contributed by atoms with Crippen LogP contribution in [0.4, 0.5) is 27.3 Å². The third-order valence-corrected chi connectivity index (χ3v) is 4.72. The van der Waals surface area contributed by atoms with E-state index in [0.717, 1.165) is 23.5 Å². The number of aromatic nitrogens is 1. The van der Waals surface area contributed by atoms with Crippen molar-refractivity contribution in [1.82, 2.24) is 4.98 Å². The van der Waals surface area contributed by atoms with Gasteiger partial charge in [-0.1, -0.05) is 25.5 Å². The van der Waals surface area contributed by atoms with Crippen LogP contribution in [0.25, 0.3) is 0 Å². The van der Waals surface area contributed by atoms with Crippen LogP contribution in [0.2, 0.25) is 0 Å². The van der Waals surface area contributed by atoms with Crippen LogP contribution in [0.1, 0.15) is 25.3 Å². The molecule has 1 aromatic heterocycles. The van der Waals surface area contributed by atoms with Crippen molar-refractivity contribution in [3.63, 3.8) is 0 Å². The fourth-order valence-electron chi connectivity index (χ4n) is 3.16. The largest absolute Gasteiger partial charge is 0.486 e. The highest BCUT2D eigenvalue weighted by molar-refractivity contribution is 5.67. The van der Waals surface area contributed by atoms with Gasteiger partial charge < -0.3 is 20.1 Å². The number of hydrogen-bond donors (Lipinski definition) is 2. The summed E-state index contributed by atoms with van der Waals surface area (Å²) >= 11 is 0. The van der Waals surface area contributed by atoms with Crippen LogP contribution in [0.15, 0.2) is 54.7 Å². The van der Waals surface area contributed by atoms with Gasteiger partial charge in [-0.25, -0.2) is 9.37 Å². The highest BCUT2D eigenvalue weighted by atomic mass is 19.1. The summed E-state index contributed by atoms with van der Waals surface area (Å²) in [6.45, 7) is 3.25. The lowest BCUT2D eigenvalue weighted by Gasteiger charge is -2.19. The number of pyridine rings is 1.